The summed E-state index contributed by atoms with van der Waals surface area (Å²) in [5.74, 6) is 0.349. The van der Waals surface area contributed by atoms with E-state index in [9.17, 15) is 4.79 Å². The highest BCUT2D eigenvalue weighted by atomic mass is 35.5. The molecule has 1 heterocycles. The maximum absolute atomic E-state index is 12.4. The van der Waals surface area contributed by atoms with Gasteiger partial charge in [-0.25, -0.2) is 0 Å². The van der Waals surface area contributed by atoms with Gasteiger partial charge in [-0.2, -0.15) is 0 Å². The molecule has 1 saturated carbocycles. The highest BCUT2D eigenvalue weighted by Crippen LogP contribution is 2.24. The minimum absolute atomic E-state index is 0.126. The van der Waals surface area contributed by atoms with Crippen LogP contribution >= 0.6 is 11.6 Å². The maximum Gasteiger partial charge on any atom is 0.223 e. The molecule has 3 rings (SSSR count). The Hall–Kier alpha value is -1.10. The van der Waals surface area contributed by atoms with Gasteiger partial charge in [0.05, 0.1) is 0 Å². The Labute approximate surface area is 149 Å². The molecule has 2 unspecified atom stereocenters. The van der Waals surface area contributed by atoms with Crippen LogP contribution in [-0.2, 0) is 11.3 Å². The third kappa shape index (κ3) is 4.95. The average Bonchev–Trinajstić information content (AvgIpc) is 2.59. The van der Waals surface area contributed by atoms with E-state index in [1.807, 2.05) is 12.1 Å². The van der Waals surface area contributed by atoms with E-state index < -0.39 is 0 Å². The van der Waals surface area contributed by atoms with Crippen LogP contribution in [0.2, 0.25) is 5.02 Å². The van der Waals surface area contributed by atoms with E-state index in [4.69, 9.17) is 17.3 Å². The molecular weight excluding hydrogens is 322 g/mol. The van der Waals surface area contributed by atoms with E-state index in [0.717, 1.165) is 63.2 Å². The van der Waals surface area contributed by atoms with Crippen LogP contribution in [0.15, 0.2) is 24.3 Å². The summed E-state index contributed by atoms with van der Waals surface area (Å²) in [6, 6.07) is 8.58. The van der Waals surface area contributed by atoms with Crippen molar-refractivity contribution in [3.05, 3.63) is 34.9 Å². The molecule has 2 atom stereocenters. The summed E-state index contributed by atoms with van der Waals surface area (Å²) >= 11 is 5.93. The topological polar surface area (TPSA) is 58.4 Å². The quantitative estimate of drug-likeness (QED) is 0.878. The summed E-state index contributed by atoms with van der Waals surface area (Å²) in [4.78, 5) is 14.9. The van der Waals surface area contributed by atoms with Crippen molar-refractivity contribution in [1.82, 2.24) is 10.2 Å². The van der Waals surface area contributed by atoms with Crippen LogP contribution in [0, 0.1) is 5.92 Å². The second-order valence-electron chi connectivity index (χ2n) is 7.31. The van der Waals surface area contributed by atoms with Gasteiger partial charge in [0.2, 0.25) is 5.91 Å². The Balaban J connectivity index is 1.41. The molecule has 2 fully saturated rings. The molecule has 3 N–H and O–H groups in total. The molecule has 132 valence electrons. The maximum atomic E-state index is 12.4. The number of nitrogens with zero attached hydrogens (tertiary/aromatic N) is 1. The van der Waals surface area contributed by atoms with Gasteiger partial charge in [-0.15, -0.1) is 0 Å². The minimum atomic E-state index is 0.126. The highest BCUT2D eigenvalue weighted by molar-refractivity contribution is 6.30. The molecule has 1 aliphatic carbocycles. The fourth-order valence-electron chi connectivity index (χ4n) is 3.87. The predicted octanol–water partition coefficient (Wildman–Crippen LogP) is 2.94. The Morgan fingerprint density at radius 2 is 1.88 bits per heavy atom. The molecular formula is C19H28ClN3O. The van der Waals surface area contributed by atoms with Crippen LogP contribution in [0.4, 0.5) is 0 Å². The number of amides is 1. The summed E-state index contributed by atoms with van der Waals surface area (Å²) < 4.78 is 0. The Kier molecular flexibility index (Phi) is 6.14. The molecule has 0 aromatic heterocycles. The normalized spacial score (nSPS) is 26.2. The average molecular weight is 350 g/mol. The molecule has 1 saturated heterocycles. The lowest BCUT2D eigenvalue weighted by Crippen LogP contribution is -2.47. The van der Waals surface area contributed by atoms with E-state index in [1.165, 1.54) is 5.56 Å². The van der Waals surface area contributed by atoms with Gasteiger partial charge in [-0.3, -0.25) is 9.69 Å². The monoisotopic (exact) mass is 349 g/mol. The second kappa shape index (κ2) is 8.32. The Morgan fingerprint density at radius 1 is 1.17 bits per heavy atom. The van der Waals surface area contributed by atoms with Crippen LogP contribution in [0.5, 0.6) is 0 Å². The number of rotatable bonds is 4. The highest BCUT2D eigenvalue weighted by Gasteiger charge is 2.28. The molecule has 0 spiro atoms. The van der Waals surface area contributed by atoms with Crippen molar-refractivity contribution in [2.24, 2.45) is 11.7 Å². The minimum Gasteiger partial charge on any atom is -0.353 e. The molecule has 0 radical (unpaired) electrons. The standard InChI is InChI=1S/C19H28ClN3O/c20-16-6-4-14(5-7-16)13-23-10-8-18(9-11-23)22-19(24)15-2-1-3-17(21)12-15/h4-7,15,17-18H,1-3,8-13,21H2,(H,22,24). The molecule has 1 amide bonds. The summed E-state index contributed by atoms with van der Waals surface area (Å²) in [7, 11) is 0. The van der Waals surface area contributed by atoms with Gasteiger partial charge in [0, 0.05) is 42.7 Å². The summed E-state index contributed by atoms with van der Waals surface area (Å²) in [6.07, 6.45) is 6.04. The van der Waals surface area contributed by atoms with E-state index in [1.54, 1.807) is 0 Å². The lowest BCUT2D eigenvalue weighted by atomic mass is 9.85. The second-order valence-corrected chi connectivity index (χ2v) is 7.75. The number of carbonyl (C=O) groups excluding carboxylic acids is 1. The van der Waals surface area contributed by atoms with Crippen molar-refractivity contribution in [3.8, 4) is 0 Å². The molecule has 4 nitrogen and oxygen atoms in total. The van der Waals surface area contributed by atoms with Crippen molar-refractivity contribution in [3.63, 3.8) is 0 Å². The zero-order valence-electron chi connectivity index (χ0n) is 14.2. The first-order chi connectivity index (χ1) is 11.6. The zero-order chi connectivity index (χ0) is 16.9. The molecule has 5 heteroatoms. The van der Waals surface area contributed by atoms with Gasteiger partial charge in [-0.1, -0.05) is 30.2 Å². The molecule has 1 aromatic carbocycles. The van der Waals surface area contributed by atoms with Crippen LogP contribution in [0.1, 0.15) is 44.1 Å². The van der Waals surface area contributed by atoms with Gasteiger partial charge in [0.1, 0.15) is 0 Å². The first kappa shape index (κ1) is 17.7. The van der Waals surface area contributed by atoms with Gasteiger partial charge < -0.3 is 11.1 Å². The number of nitrogens with two attached hydrogens (primary N) is 1. The summed E-state index contributed by atoms with van der Waals surface area (Å²) in [5, 5.41) is 4.04. The Bertz CT molecular complexity index is 540. The first-order valence-electron chi connectivity index (χ1n) is 9.13. The molecule has 1 aliphatic heterocycles. The van der Waals surface area contributed by atoms with Crippen molar-refractivity contribution >= 4 is 17.5 Å². The Morgan fingerprint density at radius 3 is 2.54 bits per heavy atom. The van der Waals surface area contributed by atoms with Gasteiger partial charge in [0.15, 0.2) is 0 Å². The molecule has 1 aromatic rings. The molecule has 0 bridgehead atoms. The summed E-state index contributed by atoms with van der Waals surface area (Å²) in [6.45, 7) is 3.00. The van der Waals surface area contributed by atoms with E-state index >= 15 is 0 Å². The number of hydrogen-bond acceptors (Lipinski definition) is 3. The fourth-order valence-corrected chi connectivity index (χ4v) is 3.99. The van der Waals surface area contributed by atoms with Crippen LogP contribution < -0.4 is 11.1 Å². The van der Waals surface area contributed by atoms with Gasteiger partial charge in [-0.05, 0) is 49.8 Å². The first-order valence-corrected chi connectivity index (χ1v) is 9.50. The third-order valence-corrected chi connectivity index (χ3v) is 5.59. The number of carbonyl (C=O) groups is 1. The summed E-state index contributed by atoms with van der Waals surface area (Å²) in [5.41, 5.74) is 7.29. The fraction of sp³-hybridized carbons (Fsp3) is 0.632. The smallest absolute Gasteiger partial charge is 0.223 e. The van der Waals surface area contributed by atoms with Crippen molar-refractivity contribution in [1.29, 1.82) is 0 Å². The number of halogens is 1. The number of hydrogen-bond donors (Lipinski definition) is 2. The number of piperidine rings is 1. The van der Waals surface area contributed by atoms with E-state index in [-0.39, 0.29) is 17.9 Å². The van der Waals surface area contributed by atoms with Gasteiger partial charge >= 0.3 is 0 Å². The van der Waals surface area contributed by atoms with Crippen LogP contribution in [0.25, 0.3) is 0 Å². The van der Waals surface area contributed by atoms with Crippen molar-refractivity contribution in [2.75, 3.05) is 13.1 Å². The number of nitrogens with one attached hydrogen (secondary N) is 1. The zero-order valence-corrected chi connectivity index (χ0v) is 15.0. The lowest BCUT2D eigenvalue weighted by Gasteiger charge is -2.34. The van der Waals surface area contributed by atoms with Crippen LogP contribution in [0.3, 0.4) is 0 Å². The van der Waals surface area contributed by atoms with E-state index in [2.05, 4.69) is 22.3 Å². The van der Waals surface area contributed by atoms with Gasteiger partial charge in [0.25, 0.3) is 0 Å². The predicted molar refractivity (Wildman–Crippen MR) is 97.8 cm³/mol. The number of benzene rings is 1. The molecule has 24 heavy (non-hydrogen) atoms. The SMILES string of the molecule is NC1CCCC(C(=O)NC2CCN(Cc3ccc(Cl)cc3)CC2)C1. The number of likely N-dealkylation sites (tertiary alicyclic amines) is 1. The third-order valence-electron chi connectivity index (χ3n) is 5.34. The van der Waals surface area contributed by atoms with E-state index in [0.29, 0.717) is 6.04 Å². The largest absolute Gasteiger partial charge is 0.353 e. The van der Waals surface area contributed by atoms with Crippen molar-refractivity contribution in [2.45, 2.75) is 57.2 Å². The molecule has 2 aliphatic rings. The lowest BCUT2D eigenvalue weighted by molar-refractivity contribution is -0.127. The van der Waals surface area contributed by atoms with Crippen LogP contribution in [-0.4, -0.2) is 36.0 Å². The van der Waals surface area contributed by atoms with Crippen molar-refractivity contribution < 1.29 is 4.79 Å².